The molecule has 0 bridgehead atoms. The maximum Gasteiger partial charge on any atom is 0.303 e. The average molecular weight is 339 g/mol. The van der Waals surface area contributed by atoms with Crippen LogP contribution in [0.2, 0.25) is 0 Å². The van der Waals surface area contributed by atoms with Crippen molar-refractivity contribution >= 4 is 23.4 Å². The highest BCUT2D eigenvalue weighted by atomic mass is 16.4. The lowest BCUT2D eigenvalue weighted by molar-refractivity contribution is -0.136. The lowest BCUT2D eigenvalue weighted by Crippen LogP contribution is -2.14. The van der Waals surface area contributed by atoms with E-state index in [0.717, 1.165) is 5.56 Å². The summed E-state index contributed by atoms with van der Waals surface area (Å²) in [4.78, 5) is 22.8. The highest BCUT2D eigenvalue weighted by Crippen LogP contribution is 2.13. The number of aryl methyl sites for hydroxylation is 1. The van der Waals surface area contributed by atoms with Crippen LogP contribution >= 0.6 is 0 Å². The molecule has 8 heteroatoms. The molecule has 2 aromatic carbocycles. The summed E-state index contributed by atoms with van der Waals surface area (Å²) in [6.07, 6.45) is 0.511. The first-order valence-corrected chi connectivity index (χ1v) is 7.42. The van der Waals surface area contributed by atoms with Crippen LogP contribution in [0.15, 0.2) is 58.9 Å². The first kappa shape index (κ1) is 17.8. The summed E-state index contributed by atoms with van der Waals surface area (Å²) in [5.41, 5.74) is 14.8. The minimum Gasteiger partial charge on any atom is -0.481 e. The molecule has 0 aromatic heterocycles. The van der Waals surface area contributed by atoms with Gasteiger partial charge in [-0.15, -0.1) is 5.10 Å². The van der Waals surface area contributed by atoms with E-state index < -0.39 is 5.97 Å². The molecule has 0 fully saturated rings. The van der Waals surface area contributed by atoms with Gasteiger partial charge in [-0.25, -0.2) is 0 Å². The van der Waals surface area contributed by atoms with Gasteiger partial charge in [-0.3, -0.25) is 9.59 Å². The monoisotopic (exact) mass is 339 g/mol. The number of nitrogens with one attached hydrogen (secondary N) is 2. The van der Waals surface area contributed by atoms with Crippen molar-refractivity contribution in [2.24, 2.45) is 16.1 Å². The number of carboxylic acid groups (broad SMARTS) is 1. The maximum absolute atomic E-state index is 12.2. The number of nitrogens with zero attached hydrogens (tertiary/aromatic N) is 2. The lowest BCUT2D eigenvalue weighted by atomic mass is 10.1. The summed E-state index contributed by atoms with van der Waals surface area (Å²) >= 11 is 0. The molecular weight excluding hydrogens is 322 g/mol. The molecule has 5 N–H and O–H groups in total. The van der Waals surface area contributed by atoms with Crippen molar-refractivity contribution in [1.82, 2.24) is 0 Å². The normalized spacial score (nSPS) is 11.0. The zero-order chi connectivity index (χ0) is 18.2. The summed E-state index contributed by atoms with van der Waals surface area (Å²) in [7, 11) is 0. The molecule has 128 valence electrons. The quantitative estimate of drug-likeness (QED) is 0.266. The lowest BCUT2D eigenvalue weighted by Gasteiger charge is -2.07. The molecule has 0 atom stereocenters. The third kappa shape index (κ3) is 5.24. The number of rotatable bonds is 7. The number of carboxylic acids is 1. The van der Waals surface area contributed by atoms with Gasteiger partial charge in [-0.05, 0) is 36.2 Å². The third-order valence-electron chi connectivity index (χ3n) is 3.44. The van der Waals surface area contributed by atoms with E-state index in [9.17, 15) is 9.59 Å². The number of hydrogen-bond donors (Lipinski definition) is 4. The molecule has 0 spiro atoms. The van der Waals surface area contributed by atoms with Gasteiger partial charge in [0.2, 0.25) is 0 Å². The number of benzene rings is 2. The molecule has 0 unspecified atom stereocenters. The highest BCUT2D eigenvalue weighted by molar-refractivity contribution is 6.05. The fraction of sp³-hybridized carbons (Fsp3) is 0.118. The van der Waals surface area contributed by atoms with E-state index in [1.165, 1.54) is 0 Å². The molecule has 0 aliphatic heterocycles. The number of carbonyl (C=O) groups is 2. The first-order valence-electron chi connectivity index (χ1n) is 7.42. The Morgan fingerprint density at radius 3 is 2.20 bits per heavy atom. The first-order chi connectivity index (χ1) is 12.0. The maximum atomic E-state index is 12.2. The number of carbonyl (C=O) groups excluding carboxylic acids is 1. The molecule has 0 aliphatic carbocycles. The van der Waals surface area contributed by atoms with Crippen LogP contribution in [0.1, 0.15) is 27.9 Å². The van der Waals surface area contributed by atoms with Crippen molar-refractivity contribution in [3.05, 3.63) is 65.2 Å². The van der Waals surface area contributed by atoms with Crippen LogP contribution in [-0.4, -0.2) is 22.8 Å². The number of amides is 1. The Hall–Kier alpha value is -3.55. The molecule has 25 heavy (non-hydrogen) atoms. The van der Waals surface area contributed by atoms with E-state index in [4.69, 9.17) is 16.4 Å². The Kier molecular flexibility index (Phi) is 5.94. The summed E-state index contributed by atoms with van der Waals surface area (Å²) in [5, 5.41) is 17.7. The molecule has 0 heterocycles. The van der Waals surface area contributed by atoms with Gasteiger partial charge in [-0.1, -0.05) is 29.5 Å². The fourth-order valence-corrected chi connectivity index (χ4v) is 2.11. The second kappa shape index (κ2) is 8.34. The Balaban J connectivity index is 2.00. The number of anilines is 1. The van der Waals surface area contributed by atoms with Crippen LogP contribution in [0.5, 0.6) is 0 Å². The van der Waals surface area contributed by atoms with Gasteiger partial charge in [0.1, 0.15) is 0 Å². The second-order valence-electron chi connectivity index (χ2n) is 5.21. The number of aliphatic carboxylic acids is 1. The number of nitrogens with two attached hydrogens (primary N) is 1. The predicted octanol–water partition coefficient (Wildman–Crippen LogP) is 2.61. The summed E-state index contributed by atoms with van der Waals surface area (Å²) in [6.45, 7) is 0. The minimum atomic E-state index is -0.845. The van der Waals surface area contributed by atoms with E-state index in [1.807, 2.05) is 0 Å². The Labute approximate surface area is 143 Å². The Morgan fingerprint density at radius 1 is 1.04 bits per heavy atom. The van der Waals surface area contributed by atoms with Crippen molar-refractivity contribution in [3.8, 4) is 0 Å². The van der Waals surface area contributed by atoms with E-state index >= 15 is 0 Å². The van der Waals surface area contributed by atoms with Gasteiger partial charge in [0.15, 0.2) is 5.84 Å². The molecule has 0 saturated carbocycles. The van der Waals surface area contributed by atoms with Gasteiger partial charge >= 0.3 is 5.97 Å². The van der Waals surface area contributed by atoms with Crippen LogP contribution in [0.3, 0.4) is 0 Å². The SMILES string of the molecule is N=NN=C(N)c1ccc(C(=O)Nc2ccc(CCC(=O)O)cc2)cc1. The topological polar surface area (TPSA) is 141 Å². The van der Waals surface area contributed by atoms with Gasteiger partial charge in [0.05, 0.1) is 0 Å². The molecular formula is C17H17N5O3. The molecule has 2 aromatic rings. The Bertz CT molecular complexity index is 798. The average Bonchev–Trinajstić information content (AvgIpc) is 2.61. The van der Waals surface area contributed by atoms with Crippen LogP contribution in [-0.2, 0) is 11.2 Å². The third-order valence-corrected chi connectivity index (χ3v) is 3.44. The van der Waals surface area contributed by atoms with Crippen molar-refractivity contribution in [2.45, 2.75) is 12.8 Å². The second-order valence-corrected chi connectivity index (χ2v) is 5.21. The minimum absolute atomic E-state index is 0.0674. The fourth-order valence-electron chi connectivity index (χ4n) is 2.11. The van der Waals surface area contributed by atoms with Crippen molar-refractivity contribution in [3.63, 3.8) is 0 Å². The summed E-state index contributed by atoms with van der Waals surface area (Å²) < 4.78 is 0. The van der Waals surface area contributed by atoms with Crippen molar-refractivity contribution in [1.29, 1.82) is 5.53 Å². The van der Waals surface area contributed by atoms with Crippen LogP contribution in [0, 0.1) is 5.53 Å². The molecule has 1 amide bonds. The van der Waals surface area contributed by atoms with E-state index in [0.29, 0.717) is 23.2 Å². The largest absolute Gasteiger partial charge is 0.481 e. The van der Waals surface area contributed by atoms with Gasteiger partial charge < -0.3 is 16.2 Å². The summed E-state index contributed by atoms with van der Waals surface area (Å²) in [6, 6.07) is 13.4. The van der Waals surface area contributed by atoms with Crippen LogP contribution < -0.4 is 11.1 Å². The van der Waals surface area contributed by atoms with E-state index in [2.05, 4.69) is 15.6 Å². The summed E-state index contributed by atoms with van der Waals surface area (Å²) in [5.74, 6) is -1.03. The molecule has 0 saturated heterocycles. The molecule has 0 radical (unpaired) electrons. The predicted molar refractivity (Wildman–Crippen MR) is 92.7 cm³/mol. The van der Waals surface area contributed by atoms with Gasteiger partial charge in [0, 0.05) is 23.2 Å². The van der Waals surface area contributed by atoms with E-state index in [-0.39, 0.29) is 18.2 Å². The molecule has 8 nitrogen and oxygen atoms in total. The molecule has 2 rings (SSSR count). The van der Waals surface area contributed by atoms with E-state index in [1.54, 1.807) is 48.5 Å². The molecule has 0 aliphatic rings. The smallest absolute Gasteiger partial charge is 0.303 e. The van der Waals surface area contributed by atoms with Crippen molar-refractivity contribution < 1.29 is 14.7 Å². The standard InChI is InChI=1S/C17H17N5O3/c18-16(21-22-19)12-4-6-13(7-5-12)17(25)20-14-8-1-11(2-9-14)3-10-15(23)24/h1-2,4-9H,3,10H2,(H,20,25)(H,23,24)(H3,18,19,21). The number of amidine groups is 1. The zero-order valence-corrected chi connectivity index (χ0v) is 13.3. The van der Waals surface area contributed by atoms with Crippen molar-refractivity contribution in [2.75, 3.05) is 5.32 Å². The van der Waals surface area contributed by atoms with Crippen LogP contribution in [0.4, 0.5) is 5.69 Å². The van der Waals surface area contributed by atoms with Crippen LogP contribution in [0.25, 0.3) is 0 Å². The van der Waals surface area contributed by atoms with Gasteiger partial charge in [-0.2, -0.15) is 5.53 Å². The Morgan fingerprint density at radius 2 is 1.64 bits per heavy atom. The zero-order valence-electron chi connectivity index (χ0n) is 13.3. The van der Waals surface area contributed by atoms with Gasteiger partial charge in [0.25, 0.3) is 5.91 Å². The highest BCUT2D eigenvalue weighted by Gasteiger charge is 2.07. The number of hydrogen-bond acceptors (Lipinski definition) is 4.